The second-order valence-electron chi connectivity index (χ2n) is 4.90. The van der Waals surface area contributed by atoms with Crippen molar-refractivity contribution >= 4 is 17.4 Å². The predicted octanol–water partition coefficient (Wildman–Crippen LogP) is 3.13. The third-order valence-corrected chi connectivity index (χ3v) is 3.32. The first kappa shape index (κ1) is 15.8. The molecule has 1 N–H and O–H groups in total. The van der Waals surface area contributed by atoms with Crippen LogP contribution < -0.4 is 5.32 Å². The van der Waals surface area contributed by atoms with Gasteiger partial charge in [0.05, 0.1) is 0 Å². The van der Waals surface area contributed by atoms with Gasteiger partial charge in [0, 0.05) is 23.0 Å². The lowest BCUT2D eigenvalue weighted by Crippen LogP contribution is -2.13. The number of nitrogens with one attached hydrogen (secondary N) is 1. The molecule has 5 nitrogen and oxygen atoms in total. The van der Waals surface area contributed by atoms with Crippen LogP contribution in [0.3, 0.4) is 0 Å². The van der Waals surface area contributed by atoms with Crippen LogP contribution in [0.15, 0.2) is 36.8 Å². The van der Waals surface area contributed by atoms with Crippen LogP contribution in [0, 0.1) is 0 Å². The van der Waals surface area contributed by atoms with E-state index in [1.54, 1.807) is 0 Å². The van der Waals surface area contributed by atoms with Crippen LogP contribution in [0.25, 0.3) is 11.1 Å². The third-order valence-electron chi connectivity index (χ3n) is 3.32. The third kappa shape index (κ3) is 2.53. The Kier molecular flexibility index (Phi) is 3.43. The van der Waals surface area contributed by atoms with Crippen molar-refractivity contribution in [2.45, 2.75) is 6.18 Å². The fourth-order valence-electron chi connectivity index (χ4n) is 2.26. The smallest absolute Gasteiger partial charge is 0.320 e. The van der Waals surface area contributed by atoms with Gasteiger partial charge in [0.1, 0.15) is 5.69 Å². The van der Waals surface area contributed by atoms with E-state index in [1.807, 2.05) is 0 Å². The van der Waals surface area contributed by atoms with Gasteiger partial charge >= 0.3 is 6.18 Å². The molecule has 0 spiro atoms. The van der Waals surface area contributed by atoms with E-state index in [1.165, 1.54) is 18.2 Å². The molecular weight excluding hydrogens is 330 g/mol. The summed E-state index contributed by atoms with van der Waals surface area (Å²) in [6, 6.07) is 3.96. The lowest BCUT2D eigenvalue weighted by Gasteiger charge is -2.07. The highest BCUT2D eigenvalue weighted by atomic mass is 19.4. The number of amides is 1. The Morgan fingerprint density at radius 3 is 2.50 bits per heavy atom. The molecule has 1 aromatic heterocycles. The summed E-state index contributed by atoms with van der Waals surface area (Å²) in [5.74, 6) is -4.36. The summed E-state index contributed by atoms with van der Waals surface area (Å²) in [5, 5.41) is 2.21. The van der Waals surface area contributed by atoms with E-state index in [4.69, 9.17) is 0 Å². The number of fused-ring (bicyclic) bond motifs is 3. The molecule has 9 heteroatoms. The zero-order valence-corrected chi connectivity index (χ0v) is 11.7. The van der Waals surface area contributed by atoms with Crippen molar-refractivity contribution in [3.05, 3.63) is 53.9 Å². The SMILES string of the molecule is C=C(F)C(=O)Nc1ccc2c(c1)-c1cnc(C(F)(F)F)nc1C2=O. The van der Waals surface area contributed by atoms with Crippen LogP contribution in [0.5, 0.6) is 0 Å². The molecule has 1 heterocycles. The lowest BCUT2D eigenvalue weighted by atomic mass is 10.1. The molecule has 2 aromatic rings. The van der Waals surface area contributed by atoms with Gasteiger partial charge in [-0.1, -0.05) is 6.58 Å². The minimum absolute atomic E-state index is 0.109. The summed E-state index contributed by atoms with van der Waals surface area (Å²) in [4.78, 5) is 30.0. The minimum Gasteiger partial charge on any atom is -0.320 e. The molecule has 0 aliphatic heterocycles. The average Bonchev–Trinajstić information content (AvgIpc) is 2.79. The molecule has 0 radical (unpaired) electrons. The highest BCUT2D eigenvalue weighted by molar-refractivity contribution is 6.21. The summed E-state index contributed by atoms with van der Waals surface area (Å²) < 4.78 is 50.7. The van der Waals surface area contributed by atoms with Gasteiger partial charge in [-0.2, -0.15) is 13.2 Å². The van der Waals surface area contributed by atoms with E-state index >= 15 is 0 Å². The van der Waals surface area contributed by atoms with Gasteiger partial charge in [0.2, 0.25) is 11.6 Å². The molecule has 0 saturated heterocycles. The molecule has 0 atom stereocenters. The molecule has 3 rings (SSSR count). The van der Waals surface area contributed by atoms with E-state index in [2.05, 4.69) is 21.9 Å². The van der Waals surface area contributed by atoms with Crippen LogP contribution in [-0.2, 0) is 11.0 Å². The zero-order valence-electron chi connectivity index (χ0n) is 11.7. The number of aromatic nitrogens is 2. The largest absolute Gasteiger partial charge is 0.451 e. The van der Waals surface area contributed by atoms with Crippen LogP contribution in [0.2, 0.25) is 0 Å². The van der Waals surface area contributed by atoms with Crippen molar-refractivity contribution in [2.24, 2.45) is 0 Å². The fourth-order valence-corrected chi connectivity index (χ4v) is 2.26. The Labute approximate surface area is 132 Å². The molecule has 0 unspecified atom stereocenters. The molecule has 0 bridgehead atoms. The summed E-state index contributed by atoms with van der Waals surface area (Å²) in [5.41, 5.74) is 0.267. The number of anilines is 1. The molecule has 0 saturated carbocycles. The number of carbonyl (C=O) groups excluding carboxylic acids is 2. The standard InChI is InChI=1S/C15H7F4N3O2/c1-6(16)13(24)21-7-2-3-8-9(4-7)10-5-20-14(15(17,18)19)22-11(10)12(8)23/h2-5H,1H2,(H,21,24). The molecule has 1 aliphatic carbocycles. The number of hydrogen-bond acceptors (Lipinski definition) is 4. The highest BCUT2D eigenvalue weighted by Gasteiger charge is 2.38. The first-order valence-corrected chi connectivity index (χ1v) is 6.47. The molecule has 122 valence electrons. The van der Waals surface area contributed by atoms with E-state index in [0.29, 0.717) is 0 Å². The Morgan fingerprint density at radius 1 is 1.17 bits per heavy atom. The number of carbonyl (C=O) groups is 2. The quantitative estimate of drug-likeness (QED) is 0.576. The minimum atomic E-state index is -4.77. The normalized spacial score (nSPS) is 12.6. The molecule has 1 aliphatic rings. The van der Waals surface area contributed by atoms with Gasteiger partial charge in [-0.25, -0.2) is 14.4 Å². The van der Waals surface area contributed by atoms with Gasteiger partial charge in [-0.05, 0) is 23.8 Å². The Balaban J connectivity index is 2.05. The van der Waals surface area contributed by atoms with E-state index in [9.17, 15) is 27.2 Å². The van der Waals surface area contributed by atoms with Gasteiger partial charge in [-0.3, -0.25) is 9.59 Å². The van der Waals surface area contributed by atoms with Crippen LogP contribution in [0.1, 0.15) is 21.9 Å². The lowest BCUT2D eigenvalue weighted by molar-refractivity contribution is -0.145. The second kappa shape index (κ2) is 5.22. The maximum absolute atomic E-state index is 12.7. The van der Waals surface area contributed by atoms with Gasteiger partial charge < -0.3 is 5.32 Å². The maximum Gasteiger partial charge on any atom is 0.451 e. The summed E-state index contributed by atoms with van der Waals surface area (Å²) in [7, 11) is 0. The number of ketones is 1. The Morgan fingerprint density at radius 2 is 1.88 bits per heavy atom. The van der Waals surface area contributed by atoms with Crippen molar-refractivity contribution < 1.29 is 27.2 Å². The van der Waals surface area contributed by atoms with E-state index in [-0.39, 0.29) is 28.1 Å². The molecular formula is C15H7F4N3O2. The average molecular weight is 337 g/mol. The topological polar surface area (TPSA) is 72.0 Å². The fraction of sp³-hybridized carbons (Fsp3) is 0.0667. The molecule has 1 aromatic carbocycles. The number of nitrogens with zero attached hydrogens (tertiary/aromatic N) is 2. The van der Waals surface area contributed by atoms with Crippen molar-refractivity contribution in [3.63, 3.8) is 0 Å². The van der Waals surface area contributed by atoms with E-state index in [0.717, 1.165) is 6.20 Å². The van der Waals surface area contributed by atoms with Gasteiger partial charge in [0.15, 0.2) is 5.83 Å². The summed E-state index contributed by atoms with van der Waals surface area (Å²) in [6.07, 6.45) is -3.88. The molecule has 24 heavy (non-hydrogen) atoms. The highest BCUT2D eigenvalue weighted by Crippen LogP contribution is 2.38. The maximum atomic E-state index is 12.7. The Hall–Kier alpha value is -3.10. The first-order chi connectivity index (χ1) is 11.2. The van der Waals surface area contributed by atoms with Crippen molar-refractivity contribution in [3.8, 4) is 11.1 Å². The number of alkyl halides is 3. The monoisotopic (exact) mass is 337 g/mol. The zero-order chi connectivity index (χ0) is 17.6. The van der Waals surface area contributed by atoms with E-state index < -0.39 is 29.5 Å². The first-order valence-electron chi connectivity index (χ1n) is 6.47. The van der Waals surface area contributed by atoms with Gasteiger partial charge in [0.25, 0.3) is 5.91 Å². The van der Waals surface area contributed by atoms with Gasteiger partial charge in [-0.15, -0.1) is 0 Å². The summed E-state index contributed by atoms with van der Waals surface area (Å²) >= 11 is 0. The Bertz CT molecular complexity index is 906. The molecule has 0 fully saturated rings. The number of hydrogen-bond donors (Lipinski definition) is 1. The van der Waals surface area contributed by atoms with Crippen LogP contribution in [0.4, 0.5) is 23.2 Å². The second-order valence-corrected chi connectivity index (χ2v) is 4.90. The van der Waals surface area contributed by atoms with Crippen molar-refractivity contribution in [2.75, 3.05) is 5.32 Å². The number of rotatable bonds is 2. The predicted molar refractivity (Wildman–Crippen MR) is 74.8 cm³/mol. The summed E-state index contributed by atoms with van der Waals surface area (Å²) in [6.45, 7) is 2.85. The number of halogens is 4. The van der Waals surface area contributed by atoms with Crippen LogP contribution >= 0.6 is 0 Å². The van der Waals surface area contributed by atoms with Crippen LogP contribution in [-0.4, -0.2) is 21.7 Å². The molecule has 1 amide bonds. The van der Waals surface area contributed by atoms with Crippen molar-refractivity contribution in [1.29, 1.82) is 0 Å². The number of benzene rings is 1. The van der Waals surface area contributed by atoms with Crippen molar-refractivity contribution in [1.82, 2.24) is 9.97 Å².